The summed E-state index contributed by atoms with van der Waals surface area (Å²) in [6.45, 7) is 1.29. The molecule has 0 radical (unpaired) electrons. The van der Waals surface area contributed by atoms with Crippen molar-refractivity contribution >= 4 is 26.5 Å². The quantitative estimate of drug-likeness (QED) is 0.879. The Bertz CT molecular complexity index is 695. The molecule has 1 aliphatic rings. The molecule has 0 spiro atoms. The van der Waals surface area contributed by atoms with Crippen molar-refractivity contribution < 1.29 is 8.42 Å². The second-order valence-electron chi connectivity index (χ2n) is 5.03. The molecule has 1 unspecified atom stereocenters. The van der Waals surface area contributed by atoms with E-state index in [0.29, 0.717) is 6.54 Å². The van der Waals surface area contributed by atoms with Crippen molar-refractivity contribution in [1.82, 2.24) is 19.3 Å². The van der Waals surface area contributed by atoms with Gasteiger partial charge < -0.3 is 9.47 Å². The topological polar surface area (TPSA) is 80.1 Å². The molecule has 114 valence electrons. The molecule has 0 aliphatic carbocycles. The lowest BCUT2D eigenvalue weighted by molar-refractivity contribution is 0.564. The van der Waals surface area contributed by atoms with Gasteiger partial charge in [-0.3, -0.25) is 0 Å². The van der Waals surface area contributed by atoms with Crippen LogP contribution in [0.5, 0.6) is 0 Å². The van der Waals surface area contributed by atoms with Crippen molar-refractivity contribution in [3.8, 4) is 0 Å². The maximum atomic E-state index is 12.2. The molecule has 0 saturated carbocycles. The monoisotopic (exact) mass is 327 g/mol. The van der Waals surface area contributed by atoms with Crippen LogP contribution in [0.25, 0.3) is 0 Å². The zero-order valence-corrected chi connectivity index (χ0v) is 13.3. The summed E-state index contributed by atoms with van der Waals surface area (Å²) < 4.78 is 28.6. The molecule has 0 amide bonds. The lowest BCUT2D eigenvalue weighted by Crippen LogP contribution is -2.40. The van der Waals surface area contributed by atoms with Crippen molar-refractivity contribution in [2.75, 3.05) is 18.0 Å². The zero-order chi connectivity index (χ0) is 14.9. The van der Waals surface area contributed by atoms with Crippen LogP contribution < -0.4 is 9.62 Å². The Hall–Kier alpha value is -1.45. The normalized spacial score (nSPS) is 19.3. The van der Waals surface area contributed by atoms with E-state index in [1.165, 1.54) is 12.5 Å². The van der Waals surface area contributed by atoms with Crippen LogP contribution >= 0.6 is 11.3 Å². The van der Waals surface area contributed by atoms with E-state index < -0.39 is 10.0 Å². The second-order valence-corrected chi connectivity index (χ2v) is 7.62. The minimum absolute atomic E-state index is 0.0591. The highest BCUT2D eigenvalue weighted by Crippen LogP contribution is 2.26. The van der Waals surface area contributed by atoms with Crippen LogP contribution in [-0.2, 0) is 17.1 Å². The number of imidazole rings is 1. The Kier molecular flexibility index (Phi) is 3.96. The average Bonchev–Trinajstić information content (AvgIpc) is 3.17. The van der Waals surface area contributed by atoms with Crippen molar-refractivity contribution in [3.05, 3.63) is 24.1 Å². The minimum Gasteiger partial charge on any atom is -0.344 e. The van der Waals surface area contributed by atoms with Crippen LogP contribution in [0.1, 0.15) is 12.8 Å². The van der Waals surface area contributed by atoms with Crippen LogP contribution in [0.2, 0.25) is 0 Å². The number of sulfonamides is 1. The summed E-state index contributed by atoms with van der Waals surface area (Å²) >= 11 is 1.58. The van der Waals surface area contributed by atoms with E-state index in [2.05, 4.69) is 19.6 Å². The first-order chi connectivity index (χ1) is 10.1. The van der Waals surface area contributed by atoms with Crippen molar-refractivity contribution in [2.24, 2.45) is 7.05 Å². The number of nitrogens with one attached hydrogen (secondary N) is 1. The lowest BCUT2D eigenvalue weighted by atomic mass is 10.2. The van der Waals surface area contributed by atoms with Gasteiger partial charge in [-0.2, -0.15) is 0 Å². The van der Waals surface area contributed by atoms with Crippen molar-refractivity contribution in [1.29, 1.82) is 0 Å². The molecule has 3 heterocycles. The van der Waals surface area contributed by atoms with Gasteiger partial charge in [0.2, 0.25) is 0 Å². The van der Waals surface area contributed by atoms with Crippen molar-refractivity contribution in [3.63, 3.8) is 0 Å². The third-order valence-electron chi connectivity index (χ3n) is 3.51. The summed E-state index contributed by atoms with van der Waals surface area (Å²) in [5.74, 6) is 0. The molecule has 9 heteroatoms. The number of aryl methyl sites for hydroxylation is 1. The van der Waals surface area contributed by atoms with Gasteiger partial charge in [-0.05, 0) is 12.8 Å². The first-order valence-corrected chi connectivity index (χ1v) is 9.06. The molecule has 1 atom stereocenters. The summed E-state index contributed by atoms with van der Waals surface area (Å²) in [6, 6.07) is 0.148. The van der Waals surface area contributed by atoms with Gasteiger partial charge in [-0.1, -0.05) is 0 Å². The maximum Gasteiger partial charge on any atom is 0.259 e. The highest BCUT2D eigenvalue weighted by Gasteiger charge is 2.28. The number of hydrogen-bond acceptors (Lipinski definition) is 6. The van der Waals surface area contributed by atoms with Gasteiger partial charge in [-0.15, -0.1) is 11.3 Å². The fraction of sp³-hybridized carbons (Fsp3) is 0.500. The van der Waals surface area contributed by atoms with E-state index in [-0.39, 0.29) is 11.1 Å². The molecule has 0 bridgehead atoms. The van der Waals surface area contributed by atoms with Gasteiger partial charge in [-0.25, -0.2) is 23.1 Å². The number of aromatic nitrogens is 3. The molecule has 7 nitrogen and oxygen atoms in total. The smallest absolute Gasteiger partial charge is 0.259 e. The molecular weight excluding hydrogens is 310 g/mol. The average molecular weight is 327 g/mol. The van der Waals surface area contributed by atoms with E-state index in [0.717, 1.165) is 24.5 Å². The number of thiazole rings is 1. The Morgan fingerprint density at radius 3 is 3.00 bits per heavy atom. The van der Waals surface area contributed by atoms with Crippen LogP contribution in [0.3, 0.4) is 0 Å². The molecule has 0 aromatic carbocycles. The maximum absolute atomic E-state index is 12.2. The van der Waals surface area contributed by atoms with Crippen LogP contribution in [0.15, 0.2) is 29.1 Å². The van der Waals surface area contributed by atoms with Crippen LogP contribution in [0.4, 0.5) is 5.13 Å². The summed E-state index contributed by atoms with van der Waals surface area (Å²) in [4.78, 5) is 10.4. The molecule has 1 N–H and O–H groups in total. The standard InChI is InChI=1S/C12H17N5O2S2/c1-16-8-11(14-9-16)21(18,19)15-7-10-3-2-5-17(10)12-13-4-6-20-12/h4,6,8-10,15H,2-3,5,7H2,1H3. The zero-order valence-electron chi connectivity index (χ0n) is 11.6. The molecule has 21 heavy (non-hydrogen) atoms. The highest BCUT2D eigenvalue weighted by molar-refractivity contribution is 7.89. The molecule has 1 aliphatic heterocycles. The van der Waals surface area contributed by atoms with Crippen LogP contribution in [0, 0.1) is 0 Å². The molecular formula is C12H17N5O2S2. The lowest BCUT2D eigenvalue weighted by Gasteiger charge is -2.23. The summed E-state index contributed by atoms with van der Waals surface area (Å²) in [7, 11) is -1.80. The third kappa shape index (κ3) is 3.09. The van der Waals surface area contributed by atoms with Gasteiger partial charge in [0, 0.05) is 44.0 Å². The number of hydrogen-bond donors (Lipinski definition) is 1. The second kappa shape index (κ2) is 5.74. The van der Waals surface area contributed by atoms with E-state index in [4.69, 9.17) is 0 Å². The first kappa shape index (κ1) is 14.5. The van der Waals surface area contributed by atoms with Crippen molar-refractivity contribution in [2.45, 2.75) is 23.9 Å². The summed E-state index contributed by atoms with van der Waals surface area (Å²) in [5.41, 5.74) is 0. The largest absolute Gasteiger partial charge is 0.344 e. The number of rotatable bonds is 5. The van der Waals surface area contributed by atoms with E-state index >= 15 is 0 Å². The van der Waals surface area contributed by atoms with Gasteiger partial charge in [0.15, 0.2) is 10.2 Å². The predicted molar refractivity (Wildman–Crippen MR) is 80.9 cm³/mol. The summed E-state index contributed by atoms with van der Waals surface area (Å²) in [6.07, 6.45) is 6.76. The van der Waals surface area contributed by atoms with E-state index in [1.54, 1.807) is 29.1 Å². The molecule has 1 fully saturated rings. The third-order valence-corrected chi connectivity index (χ3v) is 5.62. The molecule has 2 aromatic heterocycles. The Morgan fingerprint density at radius 1 is 1.48 bits per heavy atom. The van der Waals surface area contributed by atoms with Gasteiger partial charge in [0.1, 0.15) is 0 Å². The van der Waals surface area contributed by atoms with Gasteiger partial charge >= 0.3 is 0 Å². The van der Waals surface area contributed by atoms with E-state index in [9.17, 15) is 8.42 Å². The molecule has 2 aromatic rings. The van der Waals surface area contributed by atoms with Gasteiger partial charge in [0.05, 0.1) is 6.33 Å². The Labute approximate surface area is 127 Å². The molecule has 3 rings (SSSR count). The summed E-state index contributed by atoms with van der Waals surface area (Å²) in [5, 5.41) is 2.95. The highest BCUT2D eigenvalue weighted by atomic mass is 32.2. The predicted octanol–water partition coefficient (Wildman–Crippen LogP) is 0.824. The number of anilines is 1. The fourth-order valence-electron chi connectivity index (χ4n) is 2.46. The van der Waals surface area contributed by atoms with Crippen LogP contribution in [-0.4, -0.2) is 42.1 Å². The Balaban J connectivity index is 1.67. The molecule has 1 saturated heterocycles. The minimum atomic E-state index is -3.54. The van der Waals surface area contributed by atoms with Gasteiger partial charge in [0.25, 0.3) is 10.0 Å². The fourth-order valence-corrected chi connectivity index (χ4v) is 4.26. The SMILES string of the molecule is Cn1cnc(S(=O)(=O)NCC2CCCN2c2nccs2)c1. The number of nitrogens with zero attached hydrogens (tertiary/aromatic N) is 4. The van der Waals surface area contributed by atoms with E-state index in [1.807, 2.05) is 5.38 Å². The Morgan fingerprint density at radius 2 is 2.33 bits per heavy atom. The first-order valence-electron chi connectivity index (χ1n) is 6.70.